The molecule has 0 atom stereocenters. The normalized spacial score (nSPS) is 10.7. The Balaban J connectivity index is 0.000000199. The van der Waals surface area contributed by atoms with E-state index in [4.69, 9.17) is 36.2 Å². The topological polar surface area (TPSA) is 234 Å². The van der Waals surface area contributed by atoms with Crippen LogP contribution in [0.4, 0.5) is 0 Å². The van der Waals surface area contributed by atoms with E-state index in [1.807, 2.05) is 0 Å². The Morgan fingerprint density at radius 2 is 0.290 bits per heavy atom. The van der Waals surface area contributed by atoms with Gasteiger partial charge in [-0.25, -0.2) is 18.3 Å². The molecule has 8 aromatic rings. The molecule has 0 bridgehead atoms. The molecule has 8 aromatic carbocycles. The second kappa shape index (κ2) is 28.2. The number of phosphoric ester groups is 4. The smallest absolute Gasteiger partial charge is 0.736 e. The first-order valence-corrected chi connectivity index (χ1v) is 25.7. The van der Waals surface area contributed by atoms with Crippen molar-refractivity contribution in [3.05, 3.63) is 243 Å². The minimum absolute atomic E-state index is 0. The number of benzene rings is 8. The first kappa shape index (κ1) is 55.2. The van der Waals surface area contributed by atoms with Crippen LogP contribution in [0.1, 0.15) is 0 Å². The Kier molecular flexibility index (Phi) is 22.6. The van der Waals surface area contributed by atoms with Gasteiger partial charge < -0.3 is 55.8 Å². The third-order valence-electron chi connectivity index (χ3n) is 7.68. The summed E-state index contributed by atoms with van der Waals surface area (Å²) in [7, 11) is -17.5. The van der Waals surface area contributed by atoms with Crippen LogP contribution in [0, 0.1) is 0 Å². The Morgan fingerprint density at radius 1 is 0.203 bits per heavy atom. The van der Waals surface area contributed by atoms with Gasteiger partial charge >= 0.3 is 52.4 Å². The van der Waals surface area contributed by atoms with Gasteiger partial charge in [0.25, 0.3) is 0 Å². The summed E-state index contributed by atoms with van der Waals surface area (Å²) in [6.07, 6.45) is 0. The van der Waals surface area contributed by atoms with Gasteiger partial charge in [-0.2, -0.15) is 0 Å². The molecule has 0 radical (unpaired) electrons. The van der Waals surface area contributed by atoms with Gasteiger partial charge in [0.1, 0.15) is 46.0 Å². The van der Waals surface area contributed by atoms with Crippen LogP contribution in [0.15, 0.2) is 243 Å². The average molecular weight is 1090 g/mol. The molecule has 0 aliphatic carbocycles. The van der Waals surface area contributed by atoms with Crippen molar-refractivity contribution in [2.45, 2.75) is 0 Å². The molecule has 0 aromatic heterocycles. The minimum atomic E-state index is -4.39. The number of hydrogen-bond donors (Lipinski definition) is 0. The van der Waals surface area contributed by atoms with E-state index in [0.717, 1.165) is 0 Å². The fourth-order valence-electron chi connectivity index (χ4n) is 4.96. The van der Waals surface area contributed by atoms with Gasteiger partial charge in [0, 0.05) is 0 Å². The second-order valence-electron chi connectivity index (χ2n) is 13.0. The molecule has 0 aliphatic rings. The van der Waals surface area contributed by atoms with Gasteiger partial charge in [-0.1, -0.05) is 146 Å². The van der Waals surface area contributed by atoms with Crippen molar-refractivity contribution in [2.75, 3.05) is 0 Å². The third kappa shape index (κ3) is 23.0. The predicted molar refractivity (Wildman–Crippen MR) is 247 cm³/mol. The van der Waals surface area contributed by atoms with Crippen molar-refractivity contribution < 1.29 is 95.1 Å². The predicted octanol–water partition coefficient (Wildman–Crippen LogP) is 10.4. The summed E-state index contributed by atoms with van der Waals surface area (Å²) in [6, 6.07) is 65.6. The molecular weight excluding hydrogens is 1050 g/mol. The molecule has 0 spiro atoms. The summed E-state index contributed by atoms with van der Waals surface area (Å²) in [5, 5.41) is 0. The molecule has 0 unspecified atom stereocenters. The molecule has 0 N–H and O–H groups in total. The van der Waals surface area contributed by atoms with Crippen LogP contribution < -0.4 is 55.8 Å². The molecule has 0 saturated heterocycles. The van der Waals surface area contributed by atoms with Crippen LogP contribution in [0.2, 0.25) is 0 Å². The number of para-hydroxylation sites is 8. The summed E-state index contributed by atoms with van der Waals surface area (Å²) in [6.45, 7) is 0. The van der Waals surface area contributed by atoms with Crippen LogP contribution in [-0.4, -0.2) is 0 Å². The molecule has 21 heteroatoms. The van der Waals surface area contributed by atoms with E-state index >= 15 is 0 Å². The standard InChI is InChI=1S/4C12H11O4P.Mo/c4*13-17(14,15-11-7-3-1-4-8-11)16-12-9-5-2-6-10-12;/h4*1-10H,(H,13,14);/q;;;;+4/p-4. The van der Waals surface area contributed by atoms with E-state index in [0.29, 0.717) is 0 Å². The first-order chi connectivity index (χ1) is 32.6. The van der Waals surface area contributed by atoms with Crippen LogP contribution in [0.5, 0.6) is 46.0 Å². The maximum atomic E-state index is 11.6. The summed E-state index contributed by atoms with van der Waals surface area (Å²) in [4.78, 5) is 46.2. The Hall–Kier alpha value is -6.39. The van der Waals surface area contributed by atoms with E-state index in [2.05, 4.69) is 0 Å². The number of hydrogen-bond acceptors (Lipinski definition) is 16. The maximum absolute atomic E-state index is 11.6. The number of rotatable bonds is 16. The van der Waals surface area contributed by atoms with Crippen molar-refractivity contribution in [1.82, 2.24) is 0 Å². The third-order valence-corrected chi connectivity index (χ3v) is 11.2. The summed E-state index contributed by atoms with van der Waals surface area (Å²) in [5.74, 6) is 1.79. The fourth-order valence-corrected chi connectivity index (χ4v) is 8.15. The Labute approximate surface area is 413 Å². The van der Waals surface area contributed by atoms with Crippen molar-refractivity contribution in [1.29, 1.82) is 0 Å². The molecule has 354 valence electrons. The van der Waals surface area contributed by atoms with Gasteiger partial charge in [-0.3, -0.25) is 0 Å². The minimum Gasteiger partial charge on any atom is -0.736 e. The summed E-state index contributed by atoms with van der Waals surface area (Å²) < 4.78 is 84.5. The zero-order chi connectivity index (χ0) is 48.6. The van der Waals surface area contributed by atoms with E-state index in [1.165, 1.54) is 0 Å². The van der Waals surface area contributed by atoms with Crippen molar-refractivity contribution in [3.8, 4) is 46.0 Å². The van der Waals surface area contributed by atoms with Gasteiger partial charge in [-0.15, -0.1) is 0 Å². The molecule has 69 heavy (non-hydrogen) atoms. The molecule has 0 amide bonds. The van der Waals surface area contributed by atoms with E-state index in [-0.39, 0.29) is 67.1 Å². The quantitative estimate of drug-likeness (QED) is 0.0646. The van der Waals surface area contributed by atoms with E-state index < -0.39 is 31.3 Å². The zero-order valence-electron chi connectivity index (χ0n) is 35.8. The first-order valence-electron chi connectivity index (χ1n) is 19.8. The molecule has 16 nitrogen and oxygen atoms in total. The number of phosphoric acid groups is 4. The largest absolute Gasteiger partial charge is 4.00 e. The molecule has 0 heterocycles. The molecule has 0 aliphatic heterocycles. The Bertz CT molecular complexity index is 2270. The summed E-state index contributed by atoms with van der Waals surface area (Å²) >= 11 is 0. The Morgan fingerprint density at radius 3 is 0.377 bits per heavy atom. The second-order valence-corrected chi connectivity index (χ2v) is 18.1. The van der Waals surface area contributed by atoms with E-state index in [1.54, 1.807) is 243 Å². The zero-order valence-corrected chi connectivity index (χ0v) is 41.4. The SMILES string of the molecule is O=P([O-])(Oc1ccccc1)Oc1ccccc1.O=P([O-])(Oc1ccccc1)Oc1ccccc1.O=P([O-])(Oc1ccccc1)Oc1ccccc1.O=P([O-])(Oc1ccccc1)Oc1ccccc1.[Mo+4]. The molecule has 8 rings (SSSR count). The van der Waals surface area contributed by atoms with Gasteiger partial charge in [-0.05, 0) is 97.1 Å². The monoisotopic (exact) mass is 1090 g/mol. The van der Waals surface area contributed by atoms with Crippen LogP contribution in [0.25, 0.3) is 0 Å². The fraction of sp³-hybridized carbons (Fsp3) is 0. The maximum Gasteiger partial charge on any atom is 4.00 e. The van der Waals surface area contributed by atoms with Crippen molar-refractivity contribution in [3.63, 3.8) is 0 Å². The van der Waals surface area contributed by atoms with Crippen LogP contribution in [0.3, 0.4) is 0 Å². The van der Waals surface area contributed by atoms with Crippen molar-refractivity contribution >= 4 is 31.3 Å². The molecule has 0 saturated carbocycles. The van der Waals surface area contributed by atoms with E-state index in [9.17, 15) is 37.8 Å². The average Bonchev–Trinajstić information content (AvgIpc) is 3.31. The van der Waals surface area contributed by atoms with Gasteiger partial charge in [0.15, 0.2) is 0 Å². The molecule has 0 fully saturated rings. The van der Waals surface area contributed by atoms with Crippen molar-refractivity contribution in [2.24, 2.45) is 0 Å². The van der Waals surface area contributed by atoms with Crippen LogP contribution >= 0.6 is 31.3 Å². The molecular formula is C48H40MoO16P4. The summed E-state index contributed by atoms with van der Waals surface area (Å²) in [5.41, 5.74) is 0. The van der Waals surface area contributed by atoms with Gasteiger partial charge in [0.2, 0.25) is 0 Å². The van der Waals surface area contributed by atoms with Crippen LogP contribution in [-0.2, 0) is 39.3 Å². The van der Waals surface area contributed by atoms with Gasteiger partial charge in [0.05, 0.1) is 0 Å².